The third-order valence-corrected chi connectivity index (χ3v) is 11.4. The van der Waals surface area contributed by atoms with Crippen LogP contribution < -0.4 is 14.8 Å². The van der Waals surface area contributed by atoms with Crippen LogP contribution in [0, 0.1) is 17.7 Å². The number of rotatable bonds is 10. The van der Waals surface area contributed by atoms with Crippen LogP contribution in [0.1, 0.15) is 55.6 Å². The van der Waals surface area contributed by atoms with Crippen LogP contribution in [0.5, 0.6) is 5.75 Å². The van der Waals surface area contributed by atoms with Gasteiger partial charge in [-0.2, -0.15) is 0 Å². The van der Waals surface area contributed by atoms with Crippen LogP contribution in [0.3, 0.4) is 0 Å². The molecule has 0 spiro atoms. The predicted octanol–water partition coefficient (Wildman–Crippen LogP) is 2.77. The third-order valence-electron chi connectivity index (χ3n) is 9.59. The summed E-state index contributed by atoms with van der Waals surface area (Å²) in [5.41, 5.74) is 0.548. The Labute approximate surface area is 266 Å². The molecular formula is C33H35FN4O7S. The standard InChI is InChI=1S/C33H35FN4O7S/c1-2-20-17-33(20,32(41)37-46(42,43)23-9-10-23)35-30(39)28-15-22(45-36-27-12-13-44-29-11-8-21(34)14-26(27)29)18-38(28)31(40)25-16-24(25)19-6-4-3-5-7-19/h2-8,11,14,20,22-25,28H,1,9-10,12-13,15-18H2,(H,35,39)(H,37,41)/b36-27+/t20-,22?,24-,25+,28?,33+/m1/s1. The van der Waals surface area contributed by atoms with Gasteiger partial charge in [-0.15, -0.1) is 6.58 Å². The number of hydrogen-bond donors (Lipinski definition) is 2. The number of benzene rings is 2. The fourth-order valence-electron chi connectivity index (χ4n) is 6.61. The minimum Gasteiger partial charge on any atom is -0.492 e. The van der Waals surface area contributed by atoms with Gasteiger partial charge in [0.05, 0.1) is 24.1 Å². The van der Waals surface area contributed by atoms with Crippen molar-refractivity contribution in [3.8, 4) is 5.75 Å². The number of fused-ring (bicyclic) bond motifs is 1. The normalized spacial score (nSPS) is 30.5. The number of ether oxygens (including phenoxy) is 1. The monoisotopic (exact) mass is 650 g/mol. The summed E-state index contributed by atoms with van der Waals surface area (Å²) < 4.78 is 46.9. The van der Waals surface area contributed by atoms with Crippen molar-refractivity contribution in [3.05, 3.63) is 78.1 Å². The highest BCUT2D eigenvalue weighted by molar-refractivity contribution is 7.91. The zero-order valence-electron chi connectivity index (χ0n) is 25.1. The lowest BCUT2D eigenvalue weighted by Crippen LogP contribution is -2.56. The molecule has 2 aromatic carbocycles. The van der Waals surface area contributed by atoms with Crippen LogP contribution in [0.15, 0.2) is 66.3 Å². The lowest BCUT2D eigenvalue weighted by atomic mass is 10.0. The van der Waals surface area contributed by atoms with Gasteiger partial charge in [-0.3, -0.25) is 19.1 Å². The van der Waals surface area contributed by atoms with E-state index in [0.29, 0.717) is 49.3 Å². The van der Waals surface area contributed by atoms with Gasteiger partial charge in [0.25, 0.3) is 5.91 Å². The van der Waals surface area contributed by atoms with Crippen molar-refractivity contribution in [2.75, 3.05) is 13.2 Å². The Morgan fingerprint density at radius 2 is 1.91 bits per heavy atom. The first-order valence-corrected chi connectivity index (χ1v) is 17.2. The molecular weight excluding hydrogens is 615 g/mol. The molecule has 3 amide bonds. The highest BCUT2D eigenvalue weighted by Gasteiger charge is 2.62. The number of oxime groups is 1. The van der Waals surface area contributed by atoms with E-state index in [0.717, 1.165) is 5.56 Å². The lowest BCUT2D eigenvalue weighted by molar-refractivity contribution is -0.140. The van der Waals surface area contributed by atoms with Gasteiger partial charge in [-0.25, -0.2) is 12.8 Å². The van der Waals surface area contributed by atoms with Crippen LogP contribution in [-0.2, 0) is 29.2 Å². The molecule has 6 atom stereocenters. The fourth-order valence-corrected chi connectivity index (χ4v) is 7.98. The highest BCUT2D eigenvalue weighted by atomic mass is 32.2. The summed E-state index contributed by atoms with van der Waals surface area (Å²) >= 11 is 0. The number of sulfonamides is 1. The average molecular weight is 651 g/mol. The number of likely N-dealkylation sites (tertiary alicyclic amines) is 1. The van der Waals surface area contributed by atoms with Gasteiger partial charge in [-0.1, -0.05) is 41.6 Å². The molecule has 2 unspecified atom stereocenters. The van der Waals surface area contributed by atoms with E-state index in [4.69, 9.17) is 9.57 Å². The molecule has 2 N–H and O–H groups in total. The molecule has 3 aliphatic carbocycles. The molecule has 11 nitrogen and oxygen atoms in total. The van der Waals surface area contributed by atoms with Gasteiger partial charge in [0.15, 0.2) is 0 Å². The first-order chi connectivity index (χ1) is 22.1. The van der Waals surface area contributed by atoms with Crippen LogP contribution in [-0.4, -0.2) is 72.8 Å². The molecule has 0 radical (unpaired) electrons. The maximum atomic E-state index is 14.0. The zero-order valence-corrected chi connectivity index (χ0v) is 25.9. The van der Waals surface area contributed by atoms with Crippen molar-refractivity contribution in [1.29, 1.82) is 0 Å². The maximum absolute atomic E-state index is 14.0. The highest BCUT2D eigenvalue weighted by Crippen LogP contribution is 2.50. The fraction of sp³-hybridized carbons (Fsp3) is 0.455. The number of carbonyl (C=O) groups excluding carboxylic acids is 3. The van der Waals surface area contributed by atoms with Crippen molar-refractivity contribution >= 4 is 33.5 Å². The molecule has 1 saturated heterocycles. The molecule has 0 aromatic heterocycles. The molecule has 2 heterocycles. The number of nitrogens with one attached hydrogen (secondary N) is 2. The second-order valence-corrected chi connectivity index (χ2v) is 14.7. The zero-order chi connectivity index (χ0) is 32.2. The van der Waals surface area contributed by atoms with E-state index >= 15 is 0 Å². The summed E-state index contributed by atoms with van der Waals surface area (Å²) in [6.07, 6.45) is 3.16. The molecule has 3 saturated carbocycles. The topological polar surface area (TPSA) is 143 Å². The maximum Gasteiger partial charge on any atom is 0.259 e. The van der Waals surface area contributed by atoms with Gasteiger partial charge in [0.2, 0.25) is 21.8 Å². The van der Waals surface area contributed by atoms with E-state index in [2.05, 4.69) is 21.8 Å². The van der Waals surface area contributed by atoms with E-state index in [1.54, 1.807) is 0 Å². The lowest BCUT2D eigenvalue weighted by Gasteiger charge is -2.26. The average Bonchev–Trinajstić information content (AvgIpc) is 3.94. The van der Waals surface area contributed by atoms with E-state index in [9.17, 15) is 27.2 Å². The van der Waals surface area contributed by atoms with E-state index in [1.165, 1.54) is 29.2 Å². The van der Waals surface area contributed by atoms with Gasteiger partial charge >= 0.3 is 0 Å². The molecule has 0 bridgehead atoms. The largest absolute Gasteiger partial charge is 0.492 e. The van der Waals surface area contributed by atoms with E-state index in [-0.39, 0.29) is 37.1 Å². The van der Waals surface area contributed by atoms with Gasteiger partial charge in [-0.05, 0) is 55.4 Å². The minimum absolute atomic E-state index is 0.0320. The minimum atomic E-state index is -3.84. The van der Waals surface area contributed by atoms with Gasteiger partial charge in [0, 0.05) is 30.2 Å². The molecule has 4 fully saturated rings. The Hall–Kier alpha value is -4.26. The number of hydrogen-bond acceptors (Lipinski definition) is 8. The van der Waals surface area contributed by atoms with E-state index < -0.39 is 56.5 Å². The van der Waals surface area contributed by atoms with Crippen molar-refractivity contribution in [2.24, 2.45) is 17.0 Å². The van der Waals surface area contributed by atoms with Crippen molar-refractivity contribution < 1.29 is 36.8 Å². The molecule has 5 aliphatic rings. The van der Waals surface area contributed by atoms with Crippen LogP contribution in [0.2, 0.25) is 0 Å². The van der Waals surface area contributed by atoms with Crippen LogP contribution in [0.4, 0.5) is 4.39 Å². The first-order valence-electron chi connectivity index (χ1n) is 15.6. The number of halogens is 1. The quantitative estimate of drug-likeness (QED) is 0.297. The molecule has 2 aliphatic heterocycles. The van der Waals surface area contributed by atoms with Crippen molar-refractivity contribution in [2.45, 2.75) is 67.4 Å². The number of nitrogens with zero attached hydrogens (tertiary/aromatic N) is 2. The Balaban J connectivity index is 1.11. The number of amides is 3. The third kappa shape index (κ3) is 5.76. The van der Waals surface area contributed by atoms with Crippen LogP contribution >= 0.6 is 0 Å². The molecule has 242 valence electrons. The smallest absolute Gasteiger partial charge is 0.259 e. The van der Waals surface area contributed by atoms with Crippen molar-refractivity contribution in [3.63, 3.8) is 0 Å². The number of carbonyl (C=O) groups is 3. The summed E-state index contributed by atoms with van der Waals surface area (Å²) in [5.74, 6) is -2.27. The Morgan fingerprint density at radius 1 is 1.13 bits per heavy atom. The molecule has 13 heteroatoms. The summed E-state index contributed by atoms with van der Waals surface area (Å²) in [4.78, 5) is 48.5. The molecule has 7 rings (SSSR count). The van der Waals surface area contributed by atoms with E-state index in [1.807, 2.05) is 30.3 Å². The summed E-state index contributed by atoms with van der Waals surface area (Å²) in [6, 6.07) is 12.9. The molecule has 46 heavy (non-hydrogen) atoms. The Morgan fingerprint density at radius 3 is 2.63 bits per heavy atom. The Bertz CT molecular complexity index is 1730. The second-order valence-electron chi connectivity index (χ2n) is 12.8. The Kier molecular flexibility index (Phi) is 7.61. The SMILES string of the molecule is C=C[C@@H]1C[C@@]1(NC(=O)C1CC(O/N=C2\CCOc3ccc(F)cc32)CN1C(=O)[C@H]1C[C@@H]1c1ccccc1)C(=O)NS(=O)(=O)C1CC1. The van der Waals surface area contributed by atoms with Gasteiger partial charge in [0.1, 0.15) is 29.3 Å². The van der Waals surface area contributed by atoms with Gasteiger partial charge < -0.3 is 19.8 Å². The second kappa shape index (κ2) is 11.5. The van der Waals surface area contributed by atoms with Crippen molar-refractivity contribution in [1.82, 2.24) is 14.9 Å². The molecule has 2 aromatic rings. The van der Waals surface area contributed by atoms with Crippen LogP contribution in [0.25, 0.3) is 0 Å². The summed E-state index contributed by atoms with van der Waals surface area (Å²) in [5, 5.41) is 6.50. The first kappa shape index (κ1) is 30.4. The summed E-state index contributed by atoms with van der Waals surface area (Å²) in [6.45, 7) is 4.17. The summed E-state index contributed by atoms with van der Waals surface area (Å²) in [7, 11) is -3.84. The predicted molar refractivity (Wildman–Crippen MR) is 165 cm³/mol.